The standard InChI is InChI=1S/C39H37N5O5S2/c1-27-36(26-50-39-41-42-43-44(39)33-11-4-2-5-12-33)48-38(49-37(27)30-18-16-28(25-45)17-19-30)31-22-20-29(21-23-31)35-15-9-8-10-32(35)24-40-51(46,47)34-13-6-3-7-14-34/h2-23,27,36-38,40,45H,24-26H2,1H3/t27-,36+,37+,38+/m0/s1. The molecule has 0 spiro atoms. The Morgan fingerprint density at radius 3 is 2.20 bits per heavy atom. The zero-order chi connectivity index (χ0) is 35.2. The van der Waals surface area contributed by atoms with Gasteiger partial charge in [0.15, 0.2) is 6.29 Å². The highest BCUT2D eigenvalue weighted by atomic mass is 32.2. The summed E-state index contributed by atoms with van der Waals surface area (Å²) in [5.41, 5.74) is 6.28. The van der Waals surface area contributed by atoms with Gasteiger partial charge in [0.05, 0.1) is 29.4 Å². The Balaban J connectivity index is 1.12. The summed E-state index contributed by atoms with van der Waals surface area (Å²) in [5.74, 6) is 0.574. The van der Waals surface area contributed by atoms with Gasteiger partial charge in [0.25, 0.3) is 0 Å². The molecule has 7 rings (SSSR count). The summed E-state index contributed by atoms with van der Waals surface area (Å²) in [4.78, 5) is 0.225. The molecule has 260 valence electrons. The van der Waals surface area contributed by atoms with Gasteiger partial charge < -0.3 is 14.6 Å². The van der Waals surface area contributed by atoms with Gasteiger partial charge in [-0.2, -0.15) is 4.68 Å². The van der Waals surface area contributed by atoms with Gasteiger partial charge in [-0.1, -0.05) is 128 Å². The van der Waals surface area contributed by atoms with E-state index in [1.165, 1.54) is 11.8 Å². The number of hydrogen-bond acceptors (Lipinski definition) is 9. The molecule has 2 N–H and O–H groups in total. The second kappa shape index (κ2) is 15.7. The minimum Gasteiger partial charge on any atom is -0.392 e. The molecule has 0 saturated carbocycles. The number of benzene rings is 5. The van der Waals surface area contributed by atoms with Crippen LogP contribution >= 0.6 is 11.8 Å². The Bertz CT molecular complexity index is 2150. The predicted octanol–water partition coefficient (Wildman–Crippen LogP) is 6.88. The first kappa shape index (κ1) is 34.7. The molecule has 5 aromatic carbocycles. The quantitative estimate of drug-likeness (QED) is 0.130. The van der Waals surface area contributed by atoms with Crippen LogP contribution in [0.25, 0.3) is 16.8 Å². The lowest BCUT2D eigenvalue weighted by molar-refractivity contribution is -0.268. The lowest BCUT2D eigenvalue weighted by atomic mass is 9.91. The summed E-state index contributed by atoms with van der Waals surface area (Å²) in [7, 11) is -3.67. The fraction of sp³-hybridized carbons (Fsp3) is 0.205. The molecular weight excluding hydrogens is 683 g/mol. The lowest BCUT2D eigenvalue weighted by Crippen LogP contribution is -2.38. The number of aliphatic hydroxyl groups excluding tert-OH is 1. The van der Waals surface area contributed by atoms with Crippen molar-refractivity contribution >= 4 is 21.8 Å². The summed E-state index contributed by atoms with van der Waals surface area (Å²) in [6.45, 7) is 2.24. The van der Waals surface area contributed by atoms with Gasteiger partial charge in [-0.05, 0) is 62.5 Å². The molecule has 2 heterocycles. The third-order valence-corrected chi connectivity index (χ3v) is 11.4. The van der Waals surface area contributed by atoms with Crippen LogP contribution in [-0.2, 0) is 32.6 Å². The van der Waals surface area contributed by atoms with Crippen molar-refractivity contribution in [2.45, 2.75) is 48.6 Å². The molecule has 6 aromatic rings. The average molecular weight is 720 g/mol. The molecule has 12 heteroatoms. The molecule has 0 amide bonds. The number of aliphatic hydroxyl groups is 1. The smallest absolute Gasteiger partial charge is 0.240 e. The van der Waals surface area contributed by atoms with E-state index in [0.717, 1.165) is 39.1 Å². The van der Waals surface area contributed by atoms with Crippen molar-refractivity contribution < 1.29 is 23.0 Å². The number of sulfonamides is 1. The zero-order valence-corrected chi connectivity index (χ0v) is 29.5. The van der Waals surface area contributed by atoms with Crippen molar-refractivity contribution in [2.75, 3.05) is 5.75 Å². The number of thioether (sulfide) groups is 1. The van der Waals surface area contributed by atoms with Crippen LogP contribution in [-0.4, -0.2) is 45.6 Å². The Morgan fingerprint density at radius 2 is 1.47 bits per heavy atom. The predicted molar refractivity (Wildman–Crippen MR) is 195 cm³/mol. The van der Waals surface area contributed by atoms with Crippen LogP contribution < -0.4 is 4.72 Å². The molecule has 1 aliphatic heterocycles. The Morgan fingerprint density at radius 1 is 0.804 bits per heavy atom. The van der Waals surface area contributed by atoms with Crippen LogP contribution in [0.3, 0.4) is 0 Å². The van der Waals surface area contributed by atoms with Crippen molar-refractivity contribution in [1.82, 2.24) is 24.9 Å². The molecule has 0 unspecified atom stereocenters. The monoisotopic (exact) mass is 719 g/mol. The zero-order valence-electron chi connectivity index (χ0n) is 27.8. The number of para-hydroxylation sites is 1. The Kier molecular flexibility index (Phi) is 10.7. The van der Waals surface area contributed by atoms with E-state index in [0.29, 0.717) is 10.9 Å². The van der Waals surface area contributed by atoms with E-state index in [4.69, 9.17) is 9.47 Å². The molecule has 1 aliphatic rings. The molecule has 4 atom stereocenters. The van der Waals surface area contributed by atoms with Gasteiger partial charge in [0.1, 0.15) is 0 Å². The second-order valence-electron chi connectivity index (χ2n) is 12.3. The van der Waals surface area contributed by atoms with Gasteiger partial charge in [-0.3, -0.25) is 0 Å². The maximum Gasteiger partial charge on any atom is 0.240 e. The summed E-state index contributed by atoms with van der Waals surface area (Å²) in [6.07, 6.45) is -1.14. The van der Waals surface area contributed by atoms with Crippen LogP contribution in [0, 0.1) is 5.92 Å². The average Bonchev–Trinajstić information content (AvgIpc) is 3.66. The first-order valence-corrected chi connectivity index (χ1v) is 19.1. The molecule has 1 fully saturated rings. The van der Waals surface area contributed by atoms with E-state index in [9.17, 15) is 13.5 Å². The van der Waals surface area contributed by atoms with Crippen LogP contribution in [0.4, 0.5) is 0 Å². The van der Waals surface area contributed by atoms with Gasteiger partial charge in [-0.15, -0.1) is 5.10 Å². The van der Waals surface area contributed by atoms with E-state index in [1.807, 2.05) is 103 Å². The van der Waals surface area contributed by atoms with Crippen LogP contribution in [0.2, 0.25) is 0 Å². The Labute approximate surface area is 301 Å². The van der Waals surface area contributed by atoms with E-state index >= 15 is 0 Å². The van der Waals surface area contributed by atoms with E-state index < -0.39 is 16.3 Å². The number of hydrogen-bond donors (Lipinski definition) is 2. The summed E-state index contributed by atoms with van der Waals surface area (Å²) < 4.78 is 43.6. The summed E-state index contributed by atoms with van der Waals surface area (Å²) >= 11 is 1.53. The topological polar surface area (TPSA) is 128 Å². The minimum atomic E-state index is -3.67. The van der Waals surface area contributed by atoms with E-state index in [1.54, 1.807) is 35.0 Å². The Hall–Kier alpha value is -4.69. The molecule has 0 radical (unpaired) electrons. The molecule has 1 saturated heterocycles. The first-order valence-electron chi connectivity index (χ1n) is 16.6. The van der Waals surface area contributed by atoms with Crippen LogP contribution in [0.1, 0.15) is 41.6 Å². The fourth-order valence-electron chi connectivity index (χ4n) is 6.10. The molecule has 0 aliphatic carbocycles. The number of nitrogens with one attached hydrogen (secondary N) is 1. The molecular formula is C39H37N5O5S2. The van der Waals surface area contributed by atoms with Crippen molar-refractivity contribution in [2.24, 2.45) is 5.92 Å². The fourth-order valence-corrected chi connectivity index (χ4v) is 8.18. The van der Waals surface area contributed by atoms with Gasteiger partial charge >= 0.3 is 0 Å². The van der Waals surface area contributed by atoms with Crippen LogP contribution in [0.5, 0.6) is 0 Å². The van der Waals surface area contributed by atoms with Crippen molar-refractivity contribution in [1.29, 1.82) is 0 Å². The number of ether oxygens (including phenoxy) is 2. The van der Waals surface area contributed by atoms with Crippen molar-refractivity contribution in [3.8, 4) is 16.8 Å². The van der Waals surface area contributed by atoms with Crippen molar-refractivity contribution in [3.05, 3.63) is 156 Å². The van der Waals surface area contributed by atoms with E-state index in [-0.39, 0.29) is 36.2 Å². The maximum atomic E-state index is 12.9. The highest BCUT2D eigenvalue weighted by molar-refractivity contribution is 7.99. The van der Waals surface area contributed by atoms with Gasteiger partial charge in [0, 0.05) is 23.8 Å². The maximum absolute atomic E-state index is 12.9. The number of rotatable bonds is 12. The summed E-state index contributed by atoms with van der Waals surface area (Å²) in [6, 6.07) is 41.7. The highest BCUT2D eigenvalue weighted by Crippen LogP contribution is 2.43. The molecule has 0 bridgehead atoms. The van der Waals surface area contributed by atoms with E-state index in [2.05, 4.69) is 27.2 Å². The minimum absolute atomic E-state index is 0.0133. The molecule has 1 aromatic heterocycles. The van der Waals surface area contributed by atoms with Crippen molar-refractivity contribution in [3.63, 3.8) is 0 Å². The third kappa shape index (κ3) is 7.96. The highest BCUT2D eigenvalue weighted by Gasteiger charge is 2.38. The SMILES string of the molecule is C[C@H]1[C@@H](CSc2nnnn2-c2ccccc2)O[C@@H](c2ccc(-c3ccccc3CNS(=O)(=O)c3ccccc3)cc2)O[C@H]1c1ccc(CO)cc1. The molecule has 10 nitrogen and oxygen atoms in total. The number of tetrazole rings is 1. The number of aromatic nitrogens is 4. The largest absolute Gasteiger partial charge is 0.392 e. The normalized spacial score (nSPS) is 19.2. The van der Waals surface area contributed by atoms with Gasteiger partial charge in [0.2, 0.25) is 15.2 Å². The summed E-state index contributed by atoms with van der Waals surface area (Å²) in [5, 5.41) is 22.7. The van der Waals surface area contributed by atoms with Gasteiger partial charge in [-0.25, -0.2) is 13.1 Å². The molecule has 51 heavy (non-hydrogen) atoms. The van der Waals surface area contributed by atoms with Crippen LogP contribution in [0.15, 0.2) is 144 Å². The first-order chi connectivity index (χ1) is 24.9. The lowest BCUT2D eigenvalue weighted by Gasteiger charge is -2.41. The third-order valence-electron chi connectivity index (χ3n) is 8.96. The number of nitrogens with zero attached hydrogens (tertiary/aromatic N) is 4. The second-order valence-corrected chi connectivity index (χ2v) is 15.0.